The fourth-order valence-electron chi connectivity index (χ4n) is 3.60. The Bertz CT molecular complexity index is 281. The van der Waals surface area contributed by atoms with Crippen molar-refractivity contribution < 1.29 is 9.47 Å². The van der Waals surface area contributed by atoms with Gasteiger partial charge in [0.1, 0.15) is 0 Å². The van der Waals surface area contributed by atoms with Crippen molar-refractivity contribution in [2.45, 2.75) is 65.0 Å². The third-order valence-electron chi connectivity index (χ3n) is 5.27. The van der Waals surface area contributed by atoms with Crippen LogP contribution < -0.4 is 5.32 Å². The Hall–Kier alpha value is -0.120. The molecule has 3 unspecified atom stereocenters. The van der Waals surface area contributed by atoms with Gasteiger partial charge in [-0.1, -0.05) is 20.8 Å². The van der Waals surface area contributed by atoms with Crippen LogP contribution in [0.2, 0.25) is 0 Å². The molecule has 1 heterocycles. The van der Waals surface area contributed by atoms with Gasteiger partial charge in [-0.05, 0) is 56.4 Å². The summed E-state index contributed by atoms with van der Waals surface area (Å²) in [5.74, 6) is 1.49. The maximum absolute atomic E-state index is 6.33. The third-order valence-corrected chi connectivity index (χ3v) is 5.27. The largest absolute Gasteiger partial charge is 0.381 e. The highest BCUT2D eigenvalue weighted by Crippen LogP contribution is 2.39. The van der Waals surface area contributed by atoms with Crippen molar-refractivity contribution in [1.82, 2.24) is 5.32 Å². The van der Waals surface area contributed by atoms with Crippen LogP contribution in [-0.2, 0) is 9.47 Å². The van der Waals surface area contributed by atoms with Crippen LogP contribution in [0.4, 0.5) is 0 Å². The molecule has 20 heavy (non-hydrogen) atoms. The SMILES string of the molecule is CNC1CCC(C(C)(C)C)CC1OCC1CCOCC1. The van der Waals surface area contributed by atoms with E-state index in [0.29, 0.717) is 23.5 Å². The molecule has 2 fully saturated rings. The lowest BCUT2D eigenvalue weighted by Gasteiger charge is -2.42. The maximum Gasteiger partial charge on any atom is 0.0730 e. The highest BCUT2D eigenvalue weighted by Gasteiger charge is 2.36. The van der Waals surface area contributed by atoms with Crippen molar-refractivity contribution in [1.29, 1.82) is 0 Å². The van der Waals surface area contributed by atoms with Crippen molar-refractivity contribution in [3.8, 4) is 0 Å². The summed E-state index contributed by atoms with van der Waals surface area (Å²) in [5.41, 5.74) is 0.402. The van der Waals surface area contributed by atoms with E-state index in [2.05, 4.69) is 33.1 Å². The number of rotatable bonds is 4. The molecule has 2 aliphatic rings. The molecule has 3 atom stereocenters. The highest BCUT2D eigenvalue weighted by molar-refractivity contribution is 4.89. The molecular formula is C17H33NO2. The molecule has 3 heteroatoms. The van der Waals surface area contributed by atoms with Gasteiger partial charge in [0.25, 0.3) is 0 Å². The molecule has 0 aromatic rings. The minimum atomic E-state index is 0.390. The molecule has 1 saturated heterocycles. The highest BCUT2D eigenvalue weighted by atomic mass is 16.5. The van der Waals surface area contributed by atoms with Gasteiger partial charge >= 0.3 is 0 Å². The summed E-state index contributed by atoms with van der Waals surface area (Å²) >= 11 is 0. The second-order valence-electron chi connectivity index (χ2n) is 7.70. The lowest BCUT2D eigenvalue weighted by molar-refractivity contribution is -0.0547. The zero-order valence-electron chi connectivity index (χ0n) is 13.8. The van der Waals surface area contributed by atoms with Gasteiger partial charge in [-0.15, -0.1) is 0 Å². The molecule has 3 nitrogen and oxygen atoms in total. The number of likely N-dealkylation sites (N-methyl/N-ethyl adjacent to an activating group) is 1. The summed E-state index contributed by atoms with van der Waals surface area (Å²) in [5, 5.41) is 3.46. The van der Waals surface area contributed by atoms with Crippen molar-refractivity contribution >= 4 is 0 Å². The molecule has 1 aliphatic carbocycles. The number of nitrogens with one attached hydrogen (secondary N) is 1. The molecule has 118 valence electrons. The van der Waals surface area contributed by atoms with Crippen LogP contribution in [-0.4, -0.2) is 39.0 Å². The van der Waals surface area contributed by atoms with Crippen LogP contribution >= 0.6 is 0 Å². The second-order valence-corrected chi connectivity index (χ2v) is 7.70. The van der Waals surface area contributed by atoms with Crippen LogP contribution in [0.3, 0.4) is 0 Å². The normalized spacial score (nSPS) is 33.3. The van der Waals surface area contributed by atoms with E-state index < -0.39 is 0 Å². The molecule has 0 radical (unpaired) electrons. The molecule has 1 saturated carbocycles. The van der Waals surface area contributed by atoms with Gasteiger partial charge < -0.3 is 14.8 Å². The van der Waals surface area contributed by atoms with Gasteiger partial charge in [-0.2, -0.15) is 0 Å². The first-order valence-corrected chi connectivity index (χ1v) is 8.37. The summed E-state index contributed by atoms with van der Waals surface area (Å²) in [6.45, 7) is 9.85. The van der Waals surface area contributed by atoms with Crippen molar-refractivity contribution in [3.63, 3.8) is 0 Å². The van der Waals surface area contributed by atoms with Crippen LogP contribution in [0, 0.1) is 17.3 Å². The number of ether oxygens (including phenoxy) is 2. The van der Waals surface area contributed by atoms with E-state index in [9.17, 15) is 0 Å². The quantitative estimate of drug-likeness (QED) is 0.859. The van der Waals surface area contributed by atoms with E-state index in [4.69, 9.17) is 9.47 Å². The minimum Gasteiger partial charge on any atom is -0.381 e. The standard InChI is InChI=1S/C17H33NO2/c1-17(2,3)14-5-6-15(18-4)16(11-14)20-12-13-7-9-19-10-8-13/h13-16,18H,5-12H2,1-4H3. The molecular weight excluding hydrogens is 250 g/mol. The molecule has 0 bridgehead atoms. The number of hydrogen-bond acceptors (Lipinski definition) is 3. The first-order chi connectivity index (χ1) is 9.50. The van der Waals surface area contributed by atoms with E-state index in [0.717, 1.165) is 25.7 Å². The predicted octanol–water partition coefficient (Wildman–Crippen LogP) is 3.23. The van der Waals surface area contributed by atoms with E-state index in [1.54, 1.807) is 0 Å². The zero-order valence-corrected chi connectivity index (χ0v) is 13.8. The first-order valence-electron chi connectivity index (χ1n) is 8.37. The Morgan fingerprint density at radius 3 is 2.40 bits per heavy atom. The molecule has 0 amide bonds. The lowest BCUT2D eigenvalue weighted by atomic mass is 9.70. The van der Waals surface area contributed by atoms with Crippen LogP contribution in [0.25, 0.3) is 0 Å². The average molecular weight is 283 g/mol. The van der Waals surface area contributed by atoms with Crippen LogP contribution in [0.15, 0.2) is 0 Å². The summed E-state index contributed by atoms with van der Waals surface area (Å²) < 4.78 is 11.8. The Kier molecular flexibility index (Phi) is 5.88. The van der Waals surface area contributed by atoms with Gasteiger partial charge in [-0.3, -0.25) is 0 Å². The van der Waals surface area contributed by atoms with Gasteiger partial charge in [0.2, 0.25) is 0 Å². The molecule has 0 aromatic heterocycles. The van der Waals surface area contributed by atoms with Crippen molar-refractivity contribution in [2.75, 3.05) is 26.9 Å². The summed E-state index contributed by atoms with van der Waals surface area (Å²) in [6, 6.07) is 0.536. The topological polar surface area (TPSA) is 30.5 Å². The summed E-state index contributed by atoms with van der Waals surface area (Å²) in [4.78, 5) is 0. The monoisotopic (exact) mass is 283 g/mol. The molecule has 2 rings (SSSR count). The molecule has 0 spiro atoms. The average Bonchev–Trinajstić information content (AvgIpc) is 2.45. The van der Waals surface area contributed by atoms with Crippen molar-refractivity contribution in [2.24, 2.45) is 17.3 Å². The van der Waals surface area contributed by atoms with Gasteiger partial charge in [-0.25, -0.2) is 0 Å². The van der Waals surface area contributed by atoms with Gasteiger partial charge in [0.05, 0.1) is 12.7 Å². The van der Waals surface area contributed by atoms with E-state index in [1.165, 1.54) is 32.1 Å². The smallest absolute Gasteiger partial charge is 0.0730 e. The van der Waals surface area contributed by atoms with E-state index in [1.807, 2.05) is 0 Å². The van der Waals surface area contributed by atoms with Gasteiger partial charge in [0.15, 0.2) is 0 Å². The third kappa shape index (κ3) is 4.44. The lowest BCUT2D eigenvalue weighted by Crippen LogP contribution is -2.46. The fraction of sp³-hybridized carbons (Fsp3) is 1.00. The van der Waals surface area contributed by atoms with E-state index in [-0.39, 0.29) is 0 Å². The fourth-order valence-corrected chi connectivity index (χ4v) is 3.60. The van der Waals surface area contributed by atoms with Crippen molar-refractivity contribution in [3.05, 3.63) is 0 Å². The van der Waals surface area contributed by atoms with Crippen LogP contribution in [0.5, 0.6) is 0 Å². The maximum atomic E-state index is 6.33. The Balaban J connectivity index is 1.84. The van der Waals surface area contributed by atoms with Crippen LogP contribution in [0.1, 0.15) is 52.9 Å². The van der Waals surface area contributed by atoms with E-state index >= 15 is 0 Å². The molecule has 1 aliphatic heterocycles. The summed E-state index contributed by atoms with van der Waals surface area (Å²) in [7, 11) is 2.08. The first kappa shape index (κ1) is 16.3. The second kappa shape index (κ2) is 7.24. The minimum absolute atomic E-state index is 0.390. The Morgan fingerprint density at radius 1 is 1.10 bits per heavy atom. The Labute approximate surface area is 124 Å². The predicted molar refractivity (Wildman–Crippen MR) is 82.9 cm³/mol. The number of hydrogen-bond donors (Lipinski definition) is 1. The molecule has 0 aromatic carbocycles. The van der Waals surface area contributed by atoms with Gasteiger partial charge in [0, 0.05) is 19.3 Å². The zero-order chi connectivity index (χ0) is 14.6. The molecule has 1 N–H and O–H groups in total. The summed E-state index contributed by atoms with van der Waals surface area (Å²) in [6.07, 6.45) is 6.50. The Morgan fingerprint density at radius 2 is 1.80 bits per heavy atom.